The van der Waals surface area contributed by atoms with Gasteiger partial charge >= 0.3 is 0 Å². The Labute approximate surface area is 110 Å². The van der Waals surface area contributed by atoms with Crippen molar-refractivity contribution in [3.63, 3.8) is 0 Å². The Morgan fingerprint density at radius 3 is 2.89 bits per heavy atom. The first-order chi connectivity index (χ1) is 9.15. The minimum atomic E-state index is -0.860. The van der Waals surface area contributed by atoms with Gasteiger partial charge in [0.2, 0.25) is 0 Å². The minimum absolute atomic E-state index is 0.287. The average Bonchev–Trinajstić information content (AvgIpc) is 2.88. The summed E-state index contributed by atoms with van der Waals surface area (Å²) in [4.78, 5) is 9.02. The largest absolute Gasteiger partial charge is 0.380 e. The number of benzene rings is 1. The molecule has 1 fully saturated rings. The van der Waals surface area contributed by atoms with Gasteiger partial charge < -0.3 is 15.0 Å². The summed E-state index contributed by atoms with van der Waals surface area (Å²) >= 11 is 0. The molecule has 0 spiro atoms. The van der Waals surface area contributed by atoms with E-state index in [4.69, 9.17) is 0 Å². The molecule has 0 aliphatic carbocycles. The molecule has 0 amide bonds. The van der Waals surface area contributed by atoms with Crippen LogP contribution in [0.2, 0.25) is 0 Å². The van der Waals surface area contributed by atoms with E-state index in [-0.39, 0.29) is 5.82 Å². The van der Waals surface area contributed by atoms with Crippen LogP contribution in [0.3, 0.4) is 0 Å². The van der Waals surface area contributed by atoms with Gasteiger partial charge in [-0.05, 0) is 18.1 Å². The fourth-order valence-corrected chi connectivity index (χ4v) is 2.49. The van der Waals surface area contributed by atoms with Gasteiger partial charge in [-0.25, -0.2) is 9.37 Å². The Hall–Kier alpha value is -1.88. The van der Waals surface area contributed by atoms with Crippen LogP contribution in [-0.4, -0.2) is 28.2 Å². The molecule has 100 valence electrons. The van der Waals surface area contributed by atoms with Crippen LogP contribution >= 0.6 is 0 Å². The van der Waals surface area contributed by atoms with Gasteiger partial charge in [0, 0.05) is 36.7 Å². The number of rotatable bonds is 3. The summed E-state index contributed by atoms with van der Waals surface area (Å²) in [5, 5.41) is 10.3. The highest BCUT2D eigenvalue weighted by atomic mass is 19.1. The molecular weight excluding hydrogens is 245 g/mol. The zero-order chi connectivity index (χ0) is 13.4. The first-order valence-electron chi connectivity index (χ1n) is 6.37. The number of halogens is 1. The molecule has 2 heterocycles. The maximum Gasteiger partial charge on any atom is 0.139 e. The number of aromatic amines is 1. The van der Waals surface area contributed by atoms with Gasteiger partial charge in [-0.15, -0.1) is 0 Å². The molecule has 1 unspecified atom stereocenters. The number of hydrogen-bond donors (Lipinski definition) is 2. The monoisotopic (exact) mass is 261 g/mol. The quantitative estimate of drug-likeness (QED) is 0.889. The standard InChI is InChI=1S/C14H16FN3O/c1-9-7-18(8-9)12-6-10(15)2-3-11(12)13(19)14-16-4-5-17-14/h2-6,9,13,19H,7-8H2,1H3,(H,16,17). The van der Waals surface area contributed by atoms with Gasteiger partial charge in [-0.2, -0.15) is 0 Å². The van der Waals surface area contributed by atoms with E-state index in [1.54, 1.807) is 18.5 Å². The molecule has 0 bridgehead atoms. The maximum atomic E-state index is 13.4. The number of hydrogen-bond acceptors (Lipinski definition) is 3. The van der Waals surface area contributed by atoms with E-state index in [0.29, 0.717) is 17.3 Å². The normalized spacial score (nSPS) is 17.3. The van der Waals surface area contributed by atoms with E-state index in [9.17, 15) is 9.50 Å². The van der Waals surface area contributed by atoms with E-state index < -0.39 is 6.10 Å². The molecule has 0 saturated carbocycles. The molecule has 4 nitrogen and oxygen atoms in total. The molecule has 1 aliphatic heterocycles. The van der Waals surface area contributed by atoms with Gasteiger partial charge in [0.25, 0.3) is 0 Å². The summed E-state index contributed by atoms with van der Waals surface area (Å²) in [6.07, 6.45) is 2.39. The van der Waals surface area contributed by atoms with Gasteiger partial charge in [0.1, 0.15) is 17.7 Å². The van der Waals surface area contributed by atoms with Gasteiger partial charge in [-0.1, -0.05) is 13.0 Å². The van der Waals surface area contributed by atoms with Crippen LogP contribution in [0.1, 0.15) is 24.4 Å². The summed E-state index contributed by atoms with van der Waals surface area (Å²) < 4.78 is 13.4. The lowest BCUT2D eigenvalue weighted by Gasteiger charge is -2.40. The molecule has 0 radical (unpaired) electrons. The second-order valence-corrected chi connectivity index (χ2v) is 5.09. The molecule has 1 atom stereocenters. The molecule has 2 aromatic rings. The van der Waals surface area contributed by atoms with Crippen molar-refractivity contribution in [1.82, 2.24) is 9.97 Å². The molecule has 5 heteroatoms. The lowest BCUT2D eigenvalue weighted by Crippen LogP contribution is -2.45. The zero-order valence-electron chi connectivity index (χ0n) is 10.7. The molecule has 19 heavy (non-hydrogen) atoms. The van der Waals surface area contributed by atoms with Crippen LogP contribution in [0.4, 0.5) is 10.1 Å². The van der Waals surface area contributed by atoms with Crippen molar-refractivity contribution in [2.24, 2.45) is 5.92 Å². The zero-order valence-corrected chi connectivity index (χ0v) is 10.7. The van der Waals surface area contributed by atoms with Crippen LogP contribution in [0.5, 0.6) is 0 Å². The molecule has 2 N–H and O–H groups in total. The second kappa shape index (κ2) is 4.66. The van der Waals surface area contributed by atoms with E-state index in [1.165, 1.54) is 12.1 Å². The third-order valence-corrected chi connectivity index (χ3v) is 3.47. The molecule has 1 aliphatic rings. The number of H-pyrrole nitrogens is 1. The van der Waals surface area contributed by atoms with Crippen LogP contribution < -0.4 is 4.90 Å². The van der Waals surface area contributed by atoms with Crippen LogP contribution in [0.15, 0.2) is 30.6 Å². The van der Waals surface area contributed by atoms with Crippen LogP contribution in [0.25, 0.3) is 0 Å². The first kappa shape index (κ1) is 12.2. The van der Waals surface area contributed by atoms with Crippen molar-refractivity contribution < 1.29 is 9.50 Å². The van der Waals surface area contributed by atoms with Crippen molar-refractivity contribution in [3.05, 3.63) is 47.8 Å². The molecule has 3 rings (SSSR count). The van der Waals surface area contributed by atoms with Gasteiger partial charge in [-0.3, -0.25) is 0 Å². The van der Waals surface area contributed by atoms with E-state index in [0.717, 1.165) is 18.8 Å². The topological polar surface area (TPSA) is 52.1 Å². The molecule has 1 saturated heterocycles. The number of aliphatic hydroxyl groups excluding tert-OH is 1. The second-order valence-electron chi connectivity index (χ2n) is 5.09. The van der Waals surface area contributed by atoms with Gasteiger partial charge in [0.05, 0.1) is 0 Å². The molecule has 1 aromatic heterocycles. The Kier molecular flexibility index (Phi) is 2.98. The Bertz CT molecular complexity index is 564. The SMILES string of the molecule is CC1CN(c2cc(F)ccc2C(O)c2ncc[nH]2)C1. The van der Waals surface area contributed by atoms with Crippen molar-refractivity contribution in [2.75, 3.05) is 18.0 Å². The molecule has 1 aromatic carbocycles. The Balaban J connectivity index is 1.96. The number of aromatic nitrogens is 2. The highest BCUT2D eigenvalue weighted by Crippen LogP contribution is 2.33. The van der Waals surface area contributed by atoms with Crippen molar-refractivity contribution in [3.8, 4) is 0 Å². The summed E-state index contributed by atoms with van der Waals surface area (Å²) in [6.45, 7) is 3.93. The van der Waals surface area contributed by atoms with Crippen molar-refractivity contribution >= 4 is 5.69 Å². The predicted octanol–water partition coefficient (Wildman–Crippen LogP) is 2.09. The average molecular weight is 261 g/mol. The fourth-order valence-electron chi connectivity index (χ4n) is 2.49. The highest BCUT2D eigenvalue weighted by Gasteiger charge is 2.27. The predicted molar refractivity (Wildman–Crippen MR) is 70.4 cm³/mol. The fraction of sp³-hybridized carbons (Fsp3) is 0.357. The number of aliphatic hydroxyl groups is 1. The third-order valence-electron chi connectivity index (χ3n) is 3.47. The number of anilines is 1. The number of imidazole rings is 1. The summed E-state index contributed by atoms with van der Waals surface area (Å²) in [6, 6.07) is 4.47. The van der Waals surface area contributed by atoms with Gasteiger partial charge in [0.15, 0.2) is 0 Å². The molecular formula is C14H16FN3O. The highest BCUT2D eigenvalue weighted by molar-refractivity contribution is 5.57. The van der Waals surface area contributed by atoms with E-state index >= 15 is 0 Å². The van der Waals surface area contributed by atoms with Crippen molar-refractivity contribution in [2.45, 2.75) is 13.0 Å². The minimum Gasteiger partial charge on any atom is -0.380 e. The third kappa shape index (κ3) is 2.21. The van der Waals surface area contributed by atoms with Crippen molar-refractivity contribution in [1.29, 1.82) is 0 Å². The van der Waals surface area contributed by atoms with E-state index in [2.05, 4.69) is 21.8 Å². The lowest BCUT2D eigenvalue weighted by atomic mass is 9.98. The summed E-state index contributed by atoms with van der Waals surface area (Å²) in [7, 11) is 0. The lowest BCUT2D eigenvalue weighted by molar-refractivity contribution is 0.210. The maximum absolute atomic E-state index is 13.4. The smallest absolute Gasteiger partial charge is 0.139 e. The summed E-state index contributed by atoms with van der Waals surface area (Å²) in [5.41, 5.74) is 1.44. The number of nitrogens with zero attached hydrogens (tertiary/aromatic N) is 2. The van der Waals surface area contributed by atoms with Crippen LogP contribution in [0, 0.1) is 11.7 Å². The van der Waals surface area contributed by atoms with Crippen LogP contribution in [-0.2, 0) is 0 Å². The number of nitrogens with one attached hydrogen (secondary N) is 1. The first-order valence-corrected chi connectivity index (χ1v) is 6.37. The Morgan fingerprint density at radius 2 is 2.26 bits per heavy atom. The Morgan fingerprint density at radius 1 is 1.47 bits per heavy atom. The van der Waals surface area contributed by atoms with E-state index in [1.807, 2.05) is 0 Å². The summed E-state index contributed by atoms with van der Waals surface area (Å²) in [5.74, 6) is 0.795.